The summed E-state index contributed by atoms with van der Waals surface area (Å²) in [5.74, 6) is -1.34. The Hall–Kier alpha value is -1.94. The standard InChI is InChI=1S/C80H156O17P2/c1-6-10-13-16-19-22-25-27-29-30-31-32-33-34-35-37-39-41-44-50-55-60-65-79(84)96-75(69-91-78(83)64-59-54-49-43-40-38-36-28-26-23-20-17-14-11-7-2)71-94-98(86,87)92-67-74(81)68-93-99(88,89)95-72-76(70-90-77(82)63-58-53-48-42-24-21-18-15-12-8-3)97-80(85)66-61-56-51-46-45-47-52-57-62-73(5)9-4/h73-76,81H,6-72H2,1-5H3,(H,86,87)(H,88,89)/t73?,74-,75-,76-/m1/s1. The molecule has 588 valence electrons. The molecular weight excluding hydrogens is 1290 g/mol. The van der Waals surface area contributed by atoms with E-state index in [0.717, 1.165) is 95.8 Å². The van der Waals surface area contributed by atoms with Crippen molar-refractivity contribution in [3.05, 3.63) is 0 Å². The first kappa shape index (κ1) is 97.1. The molecule has 6 atom stereocenters. The molecule has 0 amide bonds. The zero-order chi connectivity index (χ0) is 72.7. The van der Waals surface area contributed by atoms with Gasteiger partial charge in [-0.25, -0.2) is 9.13 Å². The van der Waals surface area contributed by atoms with Crippen LogP contribution >= 0.6 is 15.6 Å². The van der Waals surface area contributed by atoms with Crippen molar-refractivity contribution < 1.29 is 80.2 Å². The number of unbranched alkanes of at least 4 members (excludes halogenated alkanes) is 51. The Bertz CT molecular complexity index is 1890. The van der Waals surface area contributed by atoms with Crippen molar-refractivity contribution in [2.75, 3.05) is 39.6 Å². The van der Waals surface area contributed by atoms with Gasteiger partial charge in [-0.3, -0.25) is 37.3 Å². The third-order valence-electron chi connectivity index (χ3n) is 19.1. The summed E-state index contributed by atoms with van der Waals surface area (Å²) in [7, 11) is -9.91. The Morgan fingerprint density at radius 1 is 0.283 bits per heavy atom. The summed E-state index contributed by atoms with van der Waals surface area (Å²) in [5.41, 5.74) is 0. The van der Waals surface area contributed by atoms with Gasteiger partial charge in [0.1, 0.15) is 19.3 Å². The van der Waals surface area contributed by atoms with Crippen LogP contribution in [0.3, 0.4) is 0 Å². The summed E-state index contributed by atoms with van der Waals surface area (Å²) in [4.78, 5) is 72.9. The molecule has 3 unspecified atom stereocenters. The average molecular weight is 1450 g/mol. The Labute approximate surface area is 607 Å². The summed E-state index contributed by atoms with van der Waals surface area (Å²) in [6, 6.07) is 0. The van der Waals surface area contributed by atoms with Gasteiger partial charge in [-0.15, -0.1) is 0 Å². The first-order valence-electron chi connectivity index (χ1n) is 41.7. The highest BCUT2D eigenvalue weighted by Crippen LogP contribution is 2.45. The SMILES string of the molecule is CCCCCCCCCCCCCCCCCCCCCCCCC(=O)O[C@H](COC(=O)CCCCCCCCCCCCCCCCC)COP(=O)(O)OC[C@@H](O)COP(=O)(O)OC[C@@H](COC(=O)CCCCCCCCCCCC)OC(=O)CCCCCCCCCCC(C)CC. The van der Waals surface area contributed by atoms with E-state index in [9.17, 15) is 43.2 Å². The molecule has 0 bridgehead atoms. The number of carbonyl (C=O) groups is 4. The highest BCUT2D eigenvalue weighted by molar-refractivity contribution is 7.47. The maximum absolute atomic E-state index is 13.1. The Morgan fingerprint density at radius 3 is 0.717 bits per heavy atom. The van der Waals surface area contributed by atoms with E-state index in [0.29, 0.717) is 25.7 Å². The maximum atomic E-state index is 13.1. The summed E-state index contributed by atoms with van der Waals surface area (Å²) in [6.07, 6.45) is 63.9. The lowest BCUT2D eigenvalue weighted by molar-refractivity contribution is -0.161. The molecule has 19 heteroatoms. The fourth-order valence-electron chi connectivity index (χ4n) is 12.4. The highest BCUT2D eigenvalue weighted by Gasteiger charge is 2.30. The van der Waals surface area contributed by atoms with E-state index in [-0.39, 0.29) is 25.7 Å². The minimum Gasteiger partial charge on any atom is -0.462 e. The second-order valence-corrected chi connectivity index (χ2v) is 32.0. The predicted octanol–water partition coefficient (Wildman–Crippen LogP) is 24.0. The smallest absolute Gasteiger partial charge is 0.462 e. The molecule has 0 aliphatic heterocycles. The molecule has 0 aromatic heterocycles. The van der Waals surface area contributed by atoms with Gasteiger partial charge in [-0.05, 0) is 31.6 Å². The van der Waals surface area contributed by atoms with E-state index in [1.54, 1.807) is 0 Å². The van der Waals surface area contributed by atoms with E-state index in [4.69, 9.17) is 37.0 Å². The van der Waals surface area contributed by atoms with Gasteiger partial charge in [-0.1, -0.05) is 375 Å². The fraction of sp³-hybridized carbons (Fsp3) is 0.950. The molecule has 0 radical (unpaired) electrons. The highest BCUT2D eigenvalue weighted by atomic mass is 31.2. The number of esters is 4. The lowest BCUT2D eigenvalue weighted by Gasteiger charge is -2.21. The van der Waals surface area contributed by atoms with Crippen LogP contribution in [0.5, 0.6) is 0 Å². The third kappa shape index (κ3) is 72.8. The van der Waals surface area contributed by atoms with Crippen LogP contribution in [-0.4, -0.2) is 96.7 Å². The molecule has 0 fully saturated rings. The van der Waals surface area contributed by atoms with E-state index >= 15 is 0 Å². The molecule has 0 aromatic carbocycles. The van der Waals surface area contributed by atoms with Gasteiger partial charge in [0.2, 0.25) is 0 Å². The van der Waals surface area contributed by atoms with Gasteiger partial charge in [-0.2, -0.15) is 0 Å². The molecule has 17 nitrogen and oxygen atoms in total. The van der Waals surface area contributed by atoms with E-state index < -0.39 is 97.5 Å². The van der Waals surface area contributed by atoms with Gasteiger partial charge in [0.15, 0.2) is 12.2 Å². The number of phosphoric ester groups is 2. The first-order valence-corrected chi connectivity index (χ1v) is 44.7. The number of aliphatic hydroxyl groups is 1. The quantitative estimate of drug-likeness (QED) is 0.0222. The van der Waals surface area contributed by atoms with Crippen molar-refractivity contribution >= 4 is 39.5 Å². The molecular formula is C80H156O17P2. The van der Waals surface area contributed by atoms with Crippen LogP contribution in [0.4, 0.5) is 0 Å². The molecule has 0 spiro atoms. The molecule has 3 N–H and O–H groups in total. The molecule has 0 rings (SSSR count). The van der Waals surface area contributed by atoms with Crippen molar-refractivity contribution in [2.24, 2.45) is 5.92 Å². The number of hydrogen-bond acceptors (Lipinski definition) is 15. The van der Waals surface area contributed by atoms with Crippen molar-refractivity contribution in [1.82, 2.24) is 0 Å². The van der Waals surface area contributed by atoms with Crippen LogP contribution in [0.2, 0.25) is 0 Å². The summed E-state index contributed by atoms with van der Waals surface area (Å²) < 4.78 is 68.6. The topological polar surface area (TPSA) is 237 Å². The number of ether oxygens (including phenoxy) is 4. The van der Waals surface area contributed by atoms with Gasteiger partial charge < -0.3 is 33.8 Å². The predicted molar refractivity (Wildman–Crippen MR) is 405 cm³/mol. The number of hydrogen-bond donors (Lipinski definition) is 3. The van der Waals surface area contributed by atoms with Crippen LogP contribution in [0, 0.1) is 5.92 Å². The van der Waals surface area contributed by atoms with E-state index in [1.807, 2.05) is 0 Å². The molecule has 99 heavy (non-hydrogen) atoms. The largest absolute Gasteiger partial charge is 0.472 e. The van der Waals surface area contributed by atoms with E-state index in [1.165, 1.54) is 250 Å². The number of rotatable bonds is 80. The average Bonchev–Trinajstić information content (AvgIpc) is 1.00. The zero-order valence-electron chi connectivity index (χ0n) is 64.6. The van der Waals surface area contributed by atoms with Gasteiger partial charge in [0.25, 0.3) is 0 Å². The summed E-state index contributed by atoms with van der Waals surface area (Å²) in [5, 5.41) is 10.6. The molecule has 0 saturated carbocycles. The Kier molecular flexibility index (Phi) is 71.6. The Balaban J connectivity index is 5.20. The molecule has 0 aromatic rings. The van der Waals surface area contributed by atoms with Crippen molar-refractivity contribution in [3.63, 3.8) is 0 Å². The maximum Gasteiger partial charge on any atom is 0.472 e. The minimum atomic E-state index is -4.96. The van der Waals surface area contributed by atoms with Crippen LogP contribution < -0.4 is 0 Å². The number of aliphatic hydroxyl groups excluding tert-OH is 1. The summed E-state index contributed by atoms with van der Waals surface area (Å²) in [6.45, 7) is 7.30. The lowest BCUT2D eigenvalue weighted by Crippen LogP contribution is -2.30. The monoisotopic (exact) mass is 1450 g/mol. The van der Waals surface area contributed by atoms with Crippen LogP contribution in [0.1, 0.15) is 426 Å². The molecule has 0 saturated heterocycles. The Morgan fingerprint density at radius 2 is 0.485 bits per heavy atom. The van der Waals surface area contributed by atoms with Crippen molar-refractivity contribution in [1.29, 1.82) is 0 Å². The first-order chi connectivity index (χ1) is 48.1. The second-order valence-electron chi connectivity index (χ2n) is 29.1. The second kappa shape index (κ2) is 73.0. The molecule has 0 heterocycles. The molecule has 0 aliphatic rings. The lowest BCUT2D eigenvalue weighted by atomic mass is 9.99. The van der Waals surface area contributed by atoms with Gasteiger partial charge >= 0.3 is 39.5 Å². The molecule has 0 aliphatic carbocycles. The van der Waals surface area contributed by atoms with Crippen LogP contribution in [0.15, 0.2) is 0 Å². The van der Waals surface area contributed by atoms with Crippen molar-refractivity contribution in [3.8, 4) is 0 Å². The number of phosphoric acid groups is 2. The summed E-state index contributed by atoms with van der Waals surface area (Å²) >= 11 is 0. The van der Waals surface area contributed by atoms with E-state index in [2.05, 4.69) is 34.6 Å². The minimum absolute atomic E-state index is 0.106. The number of carbonyl (C=O) groups excluding carboxylic acids is 4. The normalized spacial score (nSPS) is 14.1. The zero-order valence-corrected chi connectivity index (χ0v) is 66.4. The van der Waals surface area contributed by atoms with Crippen LogP contribution in [-0.2, 0) is 65.4 Å². The van der Waals surface area contributed by atoms with Crippen LogP contribution in [0.25, 0.3) is 0 Å². The van der Waals surface area contributed by atoms with Crippen molar-refractivity contribution in [2.45, 2.75) is 445 Å². The van der Waals surface area contributed by atoms with Gasteiger partial charge in [0.05, 0.1) is 26.4 Å². The third-order valence-corrected chi connectivity index (χ3v) is 21.0. The fourth-order valence-corrected chi connectivity index (χ4v) is 14.0. The van der Waals surface area contributed by atoms with Gasteiger partial charge in [0, 0.05) is 25.7 Å².